The highest BCUT2D eigenvalue weighted by molar-refractivity contribution is 6.31. The van der Waals surface area contributed by atoms with E-state index in [4.69, 9.17) is 16.3 Å². The molecule has 3 nitrogen and oxygen atoms in total. The fourth-order valence-corrected chi connectivity index (χ4v) is 2.90. The Bertz CT molecular complexity index is 543. The maximum atomic E-state index is 12.3. The van der Waals surface area contributed by atoms with Crippen LogP contribution in [0.3, 0.4) is 0 Å². The molecule has 1 aromatic rings. The van der Waals surface area contributed by atoms with Gasteiger partial charge < -0.3 is 10.1 Å². The van der Waals surface area contributed by atoms with E-state index in [1.54, 1.807) is 0 Å². The summed E-state index contributed by atoms with van der Waals surface area (Å²) in [5.41, 5.74) is 0.165. The van der Waals surface area contributed by atoms with E-state index in [2.05, 4.69) is 5.32 Å². The number of halogens is 4. The first-order valence-corrected chi connectivity index (χ1v) is 8.00. The average molecular weight is 350 g/mol. The Hall–Kier alpha value is -1.43. The molecule has 1 N–H and O–H groups in total. The van der Waals surface area contributed by atoms with Gasteiger partial charge >= 0.3 is 6.18 Å². The Kier molecular flexibility index (Phi) is 6.16. The lowest BCUT2D eigenvalue weighted by Gasteiger charge is -2.15. The van der Waals surface area contributed by atoms with Crippen LogP contribution >= 0.6 is 11.6 Å². The van der Waals surface area contributed by atoms with Crippen LogP contribution in [0.5, 0.6) is 5.75 Å². The Balaban J connectivity index is 1.93. The number of nitrogens with one attached hydrogen (secondary N) is 1. The Morgan fingerprint density at radius 2 is 2.00 bits per heavy atom. The molecule has 0 spiro atoms. The molecular weight excluding hydrogens is 331 g/mol. The first kappa shape index (κ1) is 17.9. The standard InChI is InChI=1S/C16H19ClF3NO2/c17-12-6-7-14(23-10-16(18,19)20)13(9-12)21-15(22)8-5-11-3-1-2-4-11/h6-7,9,11H,1-5,8,10H2,(H,21,22). The first-order chi connectivity index (χ1) is 10.8. The molecule has 1 aromatic carbocycles. The van der Waals surface area contributed by atoms with E-state index >= 15 is 0 Å². The minimum atomic E-state index is -4.44. The molecular formula is C16H19ClF3NO2. The number of carbonyl (C=O) groups excluding carboxylic acids is 1. The molecule has 7 heteroatoms. The zero-order valence-electron chi connectivity index (χ0n) is 12.6. The van der Waals surface area contributed by atoms with Crippen LogP contribution in [0.15, 0.2) is 18.2 Å². The third-order valence-corrected chi connectivity index (χ3v) is 4.10. The van der Waals surface area contributed by atoms with Crippen LogP contribution in [0.25, 0.3) is 0 Å². The van der Waals surface area contributed by atoms with Crippen molar-refractivity contribution < 1.29 is 22.7 Å². The van der Waals surface area contributed by atoms with Gasteiger partial charge in [0.05, 0.1) is 5.69 Å². The van der Waals surface area contributed by atoms with E-state index in [1.165, 1.54) is 31.0 Å². The number of ether oxygens (including phenoxy) is 1. The second kappa shape index (κ2) is 7.90. The molecule has 1 amide bonds. The van der Waals surface area contributed by atoms with Gasteiger partial charge in [-0.1, -0.05) is 37.3 Å². The Labute approximate surface area is 138 Å². The van der Waals surface area contributed by atoms with Crippen molar-refractivity contribution in [3.63, 3.8) is 0 Å². The van der Waals surface area contributed by atoms with Gasteiger partial charge in [0, 0.05) is 11.4 Å². The summed E-state index contributed by atoms with van der Waals surface area (Å²) in [5, 5.41) is 2.91. The summed E-state index contributed by atoms with van der Waals surface area (Å²) in [5.74, 6) is 0.290. The Morgan fingerprint density at radius 3 is 2.65 bits per heavy atom. The smallest absolute Gasteiger partial charge is 0.422 e. The lowest BCUT2D eigenvalue weighted by molar-refractivity contribution is -0.153. The van der Waals surface area contributed by atoms with E-state index in [1.807, 2.05) is 0 Å². The zero-order valence-corrected chi connectivity index (χ0v) is 13.3. The predicted molar refractivity (Wildman–Crippen MR) is 82.8 cm³/mol. The fraction of sp³-hybridized carbons (Fsp3) is 0.562. The van der Waals surface area contributed by atoms with E-state index in [0.29, 0.717) is 17.4 Å². The van der Waals surface area contributed by atoms with Crippen molar-refractivity contribution in [2.45, 2.75) is 44.7 Å². The monoisotopic (exact) mass is 349 g/mol. The minimum Gasteiger partial charge on any atom is -0.482 e. The molecule has 0 aromatic heterocycles. The molecule has 0 atom stereocenters. The number of hydrogen-bond acceptors (Lipinski definition) is 2. The number of alkyl halides is 3. The molecule has 1 aliphatic rings. The molecule has 2 rings (SSSR count). The molecule has 0 radical (unpaired) electrons. The van der Waals surface area contributed by atoms with Gasteiger partial charge in [-0.15, -0.1) is 0 Å². The summed E-state index contributed by atoms with van der Waals surface area (Å²) >= 11 is 5.84. The largest absolute Gasteiger partial charge is 0.482 e. The number of rotatable bonds is 6. The van der Waals surface area contributed by atoms with Gasteiger partial charge in [0.25, 0.3) is 0 Å². The van der Waals surface area contributed by atoms with E-state index < -0.39 is 12.8 Å². The first-order valence-electron chi connectivity index (χ1n) is 7.62. The van der Waals surface area contributed by atoms with Crippen LogP contribution in [-0.4, -0.2) is 18.7 Å². The van der Waals surface area contributed by atoms with Crippen molar-refractivity contribution in [3.8, 4) is 5.75 Å². The highest BCUT2D eigenvalue weighted by atomic mass is 35.5. The fourth-order valence-electron chi connectivity index (χ4n) is 2.73. The summed E-state index contributed by atoms with van der Waals surface area (Å²) in [6.45, 7) is -1.42. The van der Waals surface area contributed by atoms with Crippen molar-refractivity contribution in [3.05, 3.63) is 23.2 Å². The lowest BCUT2D eigenvalue weighted by atomic mass is 10.0. The van der Waals surface area contributed by atoms with Gasteiger partial charge in [-0.3, -0.25) is 4.79 Å². The summed E-state index contributed by atoms with van der Waals surface area (Å²) in [7, 11) is 0. The second-order valence-electron chi connectivity index (χ2n) is 5.78. The maximum Gasteiger partial charge on any atom is 0.422 e. The van der Waals surface area contributed by atoms with E-state index in [9.17, 15) is 18.0 Å². The molecule has 1 aliphatic carbocycles. The van der Waals surface area contributed by atoms with Gasteiger partial charge in [-0.25, -0.2) is 0 Å². The van der Waals surface area contributed by atoms with Crippen LogP contribution in [0.1, 0.15) is 38.5 Å². The molecule has 0 aliphatic heterocycles. The third kappa shape index (κ3) is 6.29. The maximum absolute atomic E-state index is 12.3. The van der Waals surface area contributed by atoms with Crippen molar-refractivity contribution in [2.75, 3.05) is 11.9 Å². The number of hydrogen-bond donors (Lipinski definition) is 1. The van der Waals surface area contributed by atoms with Crippen molar-refractivity contribution >= 4 is 23.2 Å². The van der Waals surface area contributed by atoms with Crippen molar-refractivity contribution in [1.82, 2.24) is 0 Å². The van der Waals surface area contributed by atoms with Gasteiger partial charge in [-0.05, 0) is 30.5 Å². The highest BCUT2D eigenvalue weighted by Crippen LogP contribution is 2.31. The minimum absolute atomic E-state index is 0.0408. The predicted octanol–water partition coefficient (Wildman–Crippen LogP) is 5.19. The molecule has 1 saturated carbocycles. The van der Waals surface area contributed by atoms with Crippen molar-refractivity contribution in [1.29, 1.82) is 0 Å². The molecule has 128 valence electrons. The zero-order chi connectivity index (χ0) is 16.9. The van der Waals surface area contributed by atoms with Crippen LogP contribution in [0.4, 0.5) is 18.9 Å². The summed E-state index contributed by atoms with van der Waals surface area (Å²) in [6, 6.07) is 4.13. The van der Waals surface area contributed by atoms with E-state index in [-0.39, 0.29) is 17.3 Å². The van der Waals surface area contributed by atoms with Crippen LogP contribution < -0.4 is 10.1 Å². The Morgan fingerprint density at radius 1 is 1.30 bits per heavy atom. The van der Waals surface area contributed by atoms with E-state index in [0.717, 1.165) is 19.3 Å². The van der Waals surface area contributed by atoms with Crippen LogP contribution in [0.2, 0.25) is 5.02 Å². The summed E-state index contributed by atoms with van der Waals surface area (Å²) < 4.78 is 41.5. The topological polar surface area (TPSA) is 38.3 Å². The van der Waals surface area contributed by atoms with Crippen LogP contribution in [-0.2, 0) is 4.79 Å². The number of carbonyl (C=O) groups is 1. The van der Waals surface area contributed by atoms with Gasteiger partial charge in [-0.2, -0.15) is 13.2 Å². The third-order valence-electron chi connectivity index (χ3n) is 3.86. The summed E-state index contributed by atoms with van der Waals surface area (Å²) in [6.07, 6.45) is 1.39. The number of benzene rings is 1. The average Bonchev–Trinajstić information content (AvgIpc) is 2.96. The van der Waals surface area contributed by atoms with Gasteiger partial charge in [0.2, 0.25) is 5.91 Å². The summed E-state index contributed by atoms with van der Waals surface area (Å²) in [4.78, 5) is 12.0. The molecule has 0 unspecified atom stereocenters. The molecule has 1 fully saturated rings. The molecule has 0 saturated heterocycles. The SMILES string of the molecule is O=C(CCC1CCCC1)Nc1cc(Cl)ccc1OCC(F)(F)F. The quantitative estimate of drug-likeness (QED) is 0.767. The molecule has 0 bridgehead atoms. The molecule has 0 heterocycles. The van der Waals surface area contributed by atoms with Gasteiger partial charge in [0.15, 0.2) is 6.61 Å². The highest BCUT2D eigenvalue weighted by Gasteiger charge is 2.29. The van der Waals surface area contributed by atoms with Gasteiger partial charge in [0.1, 0.15) is 5.75 Å². The second-order valence-corrected chi connectivity index (χ2v) is 6.22. The number of amides is 1. The lowest BCUT2D eigenvalue weighted by Crippen LogP contribution is -2.20. The number of anilines is 1. The normalized spacial score (nSPS) is 15.7. The van der Waals surface area contributed by atoms with Crippen molar-refractivity contribution in [2.24, 2.45) is 5.92 Å². The molecule has 23 heavy (non-hydrogen) atoms. The van der Waals surface area contributed by atoms with Crippen LogP contribution in [0, 0.1) is 5.92 Å².